The first kappa shape index (κ1) is 13.9. The van der Waals surface area contributed by atoms with Crippen LogP contribution < -0.4 is 16.0 Å². The first-order chi connectivity index (χ1) is 9.06. The molecule has 8 heteroatoms. The lowest BCUT2D eigenvalue weighted by Crippen LogP contribution is -2.34. The van der Waals surface area contributed by atoms with Crippen molar-refractivity contribution >= 4 is 28.3 Å². The summed E-state index contributed by atoms with van der Waals surface area (Å²) < 4.78 is 0. The van der Waals surface area contributed by atoms with Crippen molar-refractivity contribution in [3.63, 3.8) is 0 Å². The van der Waals surface area contributed by atoms with Gasteiger partial charge in [0.05, 0.1) is 6.10 Å². The SMILES string of the molecule is CC(=O)Nc1nc(C(=O)NCC2CNCC2O)cs1. The molecule has 1 fully saturated rings. The number of amides is 2. The third kappa shape index (κ3) is 3.72. The molecule has 1 aliphatic heterocycles. The van der Waals surface area contributed by atoms with Gasteiger partial charge >= 0.3 is 0 Å². The fourth-order valence-corrected chi connectivity index (χ4v) is 2.56. The van der Waals surface area contributed by atoms with Gasteiger partial charge in [-0.25, -0.2) is 4.98 Å². The van der Waals surface area contributed by atoms with E-state index in [1.54, 1.807) is 5.38 Å². The Hall–Kier alpha value is -1.51. The predicted molar refractivity (Wildman–Crippen MR) is 71.1 cm³/mol. The average molecular weight is 284 g/mol. The molecule has 0 aromatic carbocycles. The molecule has 1 aromatic heterocycles. The highest BCUT2D eigenvalue weighted by Gasteiger charge is 2.25. The molecule has 19 heavy (non-hydrogen) atoms. The van der Waals surface area contributed by atoms with Crippen LogP contribution in [0.5, 0.6) is 0 Å². The zero-order chi connectivity index (χ0) is 13.8. The summed E-state index contributed by atoms with van der Waals surface area (Å²) in [5.41, 5.74) is 0.272. The third-order valence-corrected chi connectivity index (χ3v) is 3.61. The van der Waals surface area contributed by atoms with Crippen LogP contribution in [0.1, 0.15) is 17.4 Å². The van der Waals surface area contributed by atoms with Crippen molar-refractivity contribution in [1.82, 2.24) is 15.6 Å². The number of β-amino-alcohol motifs (C(OH)–C–C–N with tert-alkyl or cyclic N) is 1. The molecule has 0 saturated carbocycles. The third-order valence-electron chi connectivity index (χ3n) is 2.85. The molecule has 2 atom stereocenters. The smallest absolute Gasteiger partial charge is 0.270 e. The van der Waals surface area contributed by atoms with Gasteiger partial charge in [-0.15, -0.1) is 11.3 Å². The van der Waals surface area contributed by atoms with E-state index in [9.17, 15) is 14.7 Å². The highest BCUT2D eigenvalue weighted by atomic mass is 32.1. The standard InChI is InChI=1S/C11H16N4O3S/c1-6(16)14-11-15-8(5-19-11)10(18)13-3-7-2-12-4-9(7)17/h5,7,9,12,17H,2-4H2,1H3,(H,13,18)(H,14,15,16). The number of aliphatic hydroxyl groups is 1. The molecule has 0 aliphatic carbocycles. The highest BCUT2D eigenvalue weighted by molar-refractivity contribution is 7.14. The van der Waals surface area contributed by atoms with Crippen molar-refractivity contribution in [3.8, 4) is 0 Å². The summed E-state index contributed by atoms with van der Waals surface area (Å²) in [4.78, 5) is 26.7. The van der Waals surface area contributed by atoms with Gasteiger partial charge in [0, 0.05) is 37.9 Å². The topological polar surface area (TPSA) is 103 Å². The monoisotopic (exact) mass is 284 g/mol. The summed E-state index contributed by atoms with van der Waals surface area (Å²) in [6, 6.07) is 0. The zero-order valence-electron chi connectivity index (χ0n) is 10.5. The molecular formula is C11H16N4O3S. The Morgan fingerprint density at radius 3 is 3.00 bits per heavy atom. The lowest BCUT2D eigenvalue weighted by Gasteiger charge is -2.13. The van der Waals surface area contributed by atoms with Gasteiger partial charge in [-0.2, -0.15) is 0 Å². The van der Waals surface area contributed by atoms with E-state index >= 15 is 0 Å². The highest BCUT2D eigenvalue weighted by Crippen LogP contribution is 2.15. The maximum atomic E-state index is 11.8. The minimum atomic E-state index is -0.425. The van der Waals surface area contributed by atoms with Crippen molar-refractivity contribution in [2.24, 2.45) is 5.92 Å². The summed E-state index contributed by atoms with van der Waals surface area (Å²) >= 11 is 1.20. The molecule has 1 aromatic rings. The van der Waals surface area contributed by atoms with E-state index in [4.69, 9.17) is 0 Å². The van der Waals surface area contributed by atoms with Crippen LogP contribution in [0.25, 0.3) is 0 Å². The fraction of sp³-hybridized carbons (Fsp3) is 0.545. The molecule has 2 heterocycles. The van der Waals surface area contributed by atoms with Gasteiger partial charge in [-0.05, 0) is 0 Å². The van der Waals surface area contributed by atoms with Crippen LogP contribution in [-0.2, 0) is 4.79 Å². The first-order valence-electron chi connectivity index (χ1n) is 5.96. The lowest BCUT2D eigenvalue weighted by atomic mass is 10.1. The fourth-order valence-electron chi connectivity index (χ4n) is 1.83. The minimum Gasteiger partial charge on any atom is -0.391 e. The number of nitrogens with one attached hydrogen (secondary N) is 3. The molecule has 2 unspecified atom stereocenters. The van der Waals surface area contributed by atoms with Crippen molar-refractivity contribution in [2.75, 3.05) is 25.0 Å². The Labute approximate surface area is 114 Å². The summed E-state index contributed by atoms with van der Waals surface area (Å²) in [6.07, 6.45) is -0.425. The molecule has 0 spiro atoms. The number of carbonyl (C=O) groups excluding carboxylic acids is 2. The van der Waals surface area contributed by atoms with Gasteiger partial charge in [0.15, 0.2) is 5.13 Å². The van der Waals surface area contributed by atoms with Gasteiger partial charge in [-0.3, -0.25) is 9.59 Å². The molecule has 104 valence electrons. The second-order valence-corrected chi connectivity index (χ2v) is 5.27. The summed E-state index contributed by atoms with van der Waals surface area (Å²) in [5.74, 6) is -0.495. The Balaban J connectivity index is 1.85. The van der Waals surface area contributed by atoms with E-state index in [0.29, 0.717) is 24.8 Å². The number of anilines is 1. The van der Waals surface area contributed by atoms with Crippen molar-refractivity contribution in [3.05, 3.63) is 11.1 Å². The Morgan fingerprint density at radius 2 is 2.37 bits per heavy atom. The van der Waals surface area contributed by atoms with Crippen LogP contribution in [0.15, 0.2) is 5.38 Å². The summed E-state index contributed by atoms with van der Waals surface area (Å²) in [7, 11) is 0. The molecule has 1 aliphatic rings. The van der Waals surface area contributed by atoms with Gasteiger partial charge in [-0.1, -0.05) is 0 Å². The maximum absolute atomic E-state index is 11.8. The number of carbonyl (C=O) groups is 2. The van der Waals surface area contributed by atoms with Crippen LogP contribution in [0.2, 0.25) is 0 Å². The normalized spacial score (nSPS) is 22.2. The molecule has 2 amide bonds. The van der Waals surface area contributed by atoms with Crippen molar-refractivity contribution in [1.29, 1.82) is 0 Å². The van der Waals surface area contributed by atoms with E-state index in [0.717, 1.165) is 0 Å². The largest absolute Gasteiger partial charge is 0.391 e. The van der Waals surface area contributed by atoms with Gasteiger partial charge in [0.25, 0.3) is 5.91 Å². The van der Waals surface area contributed by atoms with Gasteiger partial charge in [0.2, 0.25) is 5.91 Å². The minimum absolute atomic E-state index is 0.0254. The van der Waals surface area contributed by atoms with E-state index in [1.165, 1.54) is 18.3 Å². The lowest BCUT2D eigenvalue weighted by molar-refractivity contribution is -0.114. The van der Waals surface area contributed by atoms with Gasteiger partial charge < -0.3 is 21.1 Å². The van der Waals surface area contributed by atoms with E-state index in [-0.39, 0.29) is 23.4 Å². The van der Waals surface area contributed by atoms with E-state index in [2.05, 4.69) is 20.9 Å². The van der Waals surface area contributed by atoms with Crippen LogP contribution in [-0.4, -0.2) is 47.6 Å². The predicted octanol–water partition coefficient (Wildman–Crippen LogP) is -0.588. The Bertz CT molecular complexity index is 476. The van der Waals surface area contributed by atoms with Crippen molar-refractivity contribution < 1.29 is 14.7 Å². The summed E-state index contributed by atoms with van der Waals surface area (Å²) in [6.45, 7) is 3.04. The zero-order valence-corrected chi connectivity index (χ0v) is 11.3. The number of nitrogens with zero attached hydrogens (tertiary/aromatic N) is 1. The molecule has 2 rings (SSSR count). The second kappa shape index (κ2) is 6.09. The number of aromatic nitrogens is 1. The summed E-state index contributed by atoms with van der Waals surface area (Å²) in [5, 5.41) is 19.9. The second-order valence-electron chi connectivity index (χ2n) is 4.41. The van der Waals surface area contributed by atoms with Crippen molar-refractivity contribution in [2.45, 2.75) is 13.0 Å². The first-order valence-corrected chi connectivity index (χ1v) is 6.84. The molecule has 0 radical (unpaired) electrons. The number of thiazole rings is 1. The molecular weight excluding hydrogens is 268 g/mol. The molecule has 1 saturated heterocycles. The number of hydrogen-bond donors (Lipinski definition) is 4. The Morgan fingerprint density at radius 1 is 1.58 bits per heavy atom. The average Bonchev–Trinajstić information content (AvgIpc) is 2.95. The van der Waals surface area contributed by atoms with Crippen LogP contribution in [0.4, 0.5) is 5.13 Å². The molecule has 7 nitrogen and oxygen atoms in total. The number of rotatable bonds is 4. The van der Waals surface area contributed by atoms with Crippen LogP contribution in [0, 0.1) is 5.92 Å². The Kier molecular flexibility index (Phi) is 4.46. The van der Waals surface area contributed by atoms with Crippen LogP contribution in [0.3, 0.4) is 0 Å². The van der Waals surface area contributed by atoms with E-state index < -0.39 is 6.10 Å². The van der Waals surface area contributed by atoms with Gasteiger partial charge in [0.1, 0.15) is 5.69 Å². The maximum Gasteiger partial charge on any atom is 0.270 e. The number of aliphatic hydroxyl groups excluding tert-OH is 1. The van der Waals surface area contributed by atoms with E-state index in [1.807, 2.05) is 0 Å². The molecule has 4 N–H and O–H groups in total. The molecule has 0 bridgehead atoms. The quantitative estimate of drug-likeness (QED) is 0.592. The van der Waals surface area contributed by atoms with Crippen LogP contribution >= 0.6 is 11.3 Å². The number of hydrogen-bond acceptors (Lipinski definition) is 6.